The largest absolute Gasteiger partial charge is 0.370 e. The molecule has 0 amide bonds. The van der Waals surface area contributed by atoms with Crippen LogP contribution >= 0.6 is 27.5 Å². The molecule has 5 aromatic rings. The van der Waals surface area contributed by atoms with E-state index in [4.69, 9.17) is 16.6 Å². The second-order valence-electron chi connectivity index (χ2n) is 8.39. The van der Waals surface area contributed by atoms with Crippen molar-refractivity contribution in [1.29, 1.82) is 0 Å². The number of halogens is 2. The average molecular weight is 535 g/mol. The fourth-order valence-electron chi connectivity index (χ4n) is 4.23. The molecule has 0 aliphatic heterocycles. The van der Waals surface area contributed by atoms with Crippen LogP contribution in [0.5, 0.6) is 0 Å². The number of anilines is 1. The van der Waals surface area contributed by atoms with Gasteiger partial charge in [-0.15, -0.1) is 0 Å². The number of hydrogen-bond donors (Lipinski definition) is 1. The van der Waals surface area contributed by atoms with E-state index < -0.39 is 0 Å². The lowest BCUT2D eigenvalue weighted by molar-refractivity contribution is 0.326. The Morgan fingerprint density at radius 1 is 1.03 bits per heavy atom. The lowest BCUT2D eigenvalue weighted by atomic mass is 10.0. The molecule has 172 valence electrons. The standard InChI is InChI=1S/C27H25BrClN5/c1-33(18-20-10-6-9-19-8-2-3-11-21(19)20)15-7-14-30-26-16-25(22-12-4-5-13-24(22)29)32-27-23(28)17-31-34(26)27/h2-6,8-13,16-17,30H,7,14-15,18H2,1H3. The molecule has 0 saturated carbocycles. The summed E-state index contributed by atoms with van der Waals surface area (Å²) < 4.78 is 2.67. The molecular formula is C27H25BrClN5. The second kappa shape index (κ2) is 10.1. The van der Waals surface area contributed by atoms with Crippen LogP contribution in [0.25, 0.3) is 27.7 Å². The Bertz CT molecular complexity index is 1440. The molecule has 0 radical (unpaired) electrons. The van der Waals surface area contributed by atoms with E-state index in [9.17, 15) is 0 Å². The van der Waals surface area contributed by atoms with Gasteiger partial charge < -0.3 is 10.2 Å². The molecule has 1 N–H and O–H groups in total. The molecule has 0 spiro atoms. The summed E-state index contributed by atoms with van der Waals surface area (Å²) in [4.78, 5) is 7.14. The van der Waals surface area contributed by atoms with Crippen LogP contribution in [-0.4, -0.2) is 39.6 Å². The molecule has 2 aromatic heterocycles. The molecule has 0 aliphatic carbocycles. The van der Waals surface area contributed by atoms with Crippen molar-refractivity contribution in [2.45, 2.75) is 13.0 Å². The van der Waals surface area contributed by atoms with Crippen molar-refractivity contribution in [3.8, 4) is 11.3 Å². The maximum atomic E-state index is 6.44. The van der Waals surface area contributed by atoms with E-state index in [0.717, 1.165) is 53.3 Å². The summed E-state index contributed by atoms with van der Waals surface area (Å²) in [5.41, 5.74) is 3.83. The SMILES string of the molecule is CN(CCCNc1cc(-c2ccccc2Cl)nc2c(Br)cnn12)Cc1cccc2ccccc12. The van der Waals surface area contributed by atoms with Gasteiger partial charge in [-0.2, -0.15) is 9.61 Å². The summed E-state index contributed by atoms with van der Waals surface area (Å²) in [5.74, 6) is 0.891. The number of rotatable bonds is 8. The Balaban J connectivity index is 1.26. The van der Waals surface area contributed by atoms with Gasteiger partial charge in [-0.05, 0) is 58.3 Å². The lowest BCUT2D eigenvalue weighted by Gasteiger charge is -2.18. The number of benzene rings is 3. The zero-order chi connectivity index (χ0) is 23.5. The predicted octanol–water partition coefficient (Wildman–Crippen LogP) is 6.90. The highest BCUT2D eigenvalue weighted by molar-refractivity contribution is 9.10. The molecule has 0 fully saturated rings. The molecule has 0 saturated heterocycles. The van der Waals surface area contributed by atoms with Crippen molar-refractivity contribution in [2.24, 2.45) is 0 Å². The van der Waals surface area contributed by atoms with E-state index >= 15 is 0 Å². The summed E-state index contributed by atoms with van der Waals surface area (Å²) in [6.07, 6.45) is 2.76. The molecule has 0 aliphatic rings. The Labute approximate surface area is 212 Å². The zero-order valence-corrected chi connectivity index (χ0v) is 21.2. The molecule has 7 heteroatoms. The van der Waals surface area contributed by atoms with E-state index in [2.05, 4.69) is 80.8 Å². The normalized spacial score (nSPS) is 11.5. The first-order valence-electron chi connectivity index (χ1n) is 11.3. The third-order valence-electron chi connectivity index (χ3n) is 5.92. The third-order valence-corrected chi connectivity index (χ3v) is 6.81. The first kappa shape index (κ1) is 22.8. The molecule has 0 unspecified atom stereocenters. The predicted molar refractivity (Wildman–Crippen MR) is 145 cm³/mol. The summed E-state index contributed by atoms with van der Waals surface area (Å²) in [5, 5.41) is 11.3. The maximum Gasteiger partial charge on any atom is 0.172 e. The van der Waals surface area contributed by atoms with Gasteiger partial charge in [-0.3, -0.25) is 0 Å². The van der Waals surface area contributed by atoms with Crippen LogP contribution in [0.2, 0.25) is 5.02 Å². The van der Waals surface area contributed by atoms with Crippen molar-refractivity contribution >= 4 is 49.8 Å². The van der Waals surface area contributed by atoms with Crippen LogP contribution < -0.4 is 5.32 Å². The summed E-state index contributed by atoms with van der Waals surface area (Å²) in [7, 11) is 2.17. The minimum atomic E-state index is 0.677. The highest BCUT2D eigenvalue weighted by Gasteiger charge is 2.13. The molecule has 5 nitrogen and oxygen atoms in total. The van der Waals surface area contributed by atoms with Gasteiger partial charge in [-0.25, -0.2) is 4.98 Å². The fraction of sp³-hybridized carbons (Fsp3) is 0.185. The van der Waals surface area contributed by atoms with Crippen molar-refractivity contribution < 1.29 is 0 Å². The van der Waals surface area contributed by atoms with Crippen LogP contribution in [-0.2, 0) is 6.54 Å². The van der Waals surface area contributed by atoms with Crippen LogP contribution in [0.15, 0.2) is 83.5 Å². The highest BCUT2D eigenvalue weighted by Crippen LogP contribution is 2.30. The summed E-state index contributed by atoms with van der Waals surface area (Å²) in [6.45, 7) is 2.71. The van der Waals surface area contributed by atoms with Gasteiger partial charge in [0, 0.05) is 29.7 Å². The number of nitrogens with zero attached hydrogens (tertiary/aromatic N) is 4. The summed E-state index contributed by atoms with van der Waals surface area (Å²) >= 11 is 10.0. The average Bonchev–Trinajstić information content (AvgIpc) is 3.23. The number of nitrogens with one attached hydrogen (secondary N) is 1. The Morgan fingerprint density at radius 2 is 1.82 bits per heavy atom. The van der Waals surface area contributed by atoms with Gasteiger partial charge in [0.15, 0.2) is 5.65 Å². The third kappa shape index (κ3) is 4.80. The zero-order valence-electron chi connectivity index (χ0n) is 18.9. The quantitative estimate of drug-likeness (QED) is 0.220. The highest BCUT2D eigenvalue weighted by atomic mass is 79.9. The molecule has 0 atom stereocenters. The van der Waals surface area contributed by atoms with E-state index in [1.165, 1.54) is 16.3 Å². The van der Waals surface area contributed by atoms with Gasteiger partial charge in [0.05, 0.1) is 16.4 Å². The van der Waals surface area contributed by atoms with Gasteiger partial charge in [0.1, 0.15) is 5.82 Å². The second-order valence-corrected chi connectivity index (χ2v) is 9.65. The van der Waals surface area contributed by atoms with E-state index in [0.29, 0.717) is 5.02 Å². The minimum absolute atomic E-state index is 0.677. The monoisotopic (exact) mass is 533 g/mol. The smallest absolute Gasteiger partial charge is 0.172 e. The van der Waals surface area contributed by atoms with Gasteiger partial charge in [0.25, 0.3) is 0 Å². The van der Waals surface area contributed by atoms with Crippen molar-refractivity contribution in [3.63, 3.8) is 0 Å². The van der Waals surface area contributed by atoms with Crippen molar-refractivity contribution in [2.75, 3.05) is 25.5 Å². The van der Waals surface area contributed by atoms with Crippen LogP contribution in [0, 0.1) is 0 Å². The van der Waals surface area contributed by atoms with Gasteiger partial charge in [0.2, 0.25) is 0 Å². The van der Waals surface area contributed by atoms with E-state index in [-0.39, 0.29) is 0 Å². The maximum absolute atomic E-state index is 6.44. The Hall–Kier alpha value is -2.93. The number of aromatic nitrogens is 3. The van der Waals surface area contributed by atoms with Crippen LogP contribution in [0.3, 0.4) is 0 Å². The van der Waals surface area contributed by atoms with E-state index in [1.807, 2.05) is 34.8 Å². The van der Waals surface area contributed by atoms with Crippen LogP contribution in [0.1, 0.15) is 12.0 Å². The number of fused-ring (bicyclic) bond motifs is 2. The number of hydrogen-bond acceptors (Lipinski definition) is 4. The lowest BCUT2D eigenvalue weighted by Crippen LogP contribution is -2.21. The molecule has 5 rings (SSSR count). The van der Waals surface area contributed by atoms with Crippen LogP contribution in [0.4, 0.5) is 5.82 Å². The molecule has 2 heterocycles. The van der Waals surface area contributed by atoms with Crippen molar-refractivity contribution in [3.05, 3.63) is 94.1 Å². The molecular weight excluding hydrogens is 510 g/mol. The fourth-order valence-corrected chi connectivity index (χ4v) is 4.82. The van der Waals surface area contributed by atoms with Gasteiger partial charge in [-0.1, -0.05) is 72.3 Å². The van der Waals surface area contributed by atoms with E-state index in [1.54, 1.807) is 6.20 Å². The Morgan fingerprint density at radius 3 is 2.71 bits per heavy atom. The van der Waals surface area contributed by atoms with Crippen molar-refractivity contribution in [1.82, 2.24) is 19.5 Å². The first-order chi connectivity index (χ1) is 16.6. The minimum Gasteiger partial charge on any atom is -0.370 e. The first-order valence-corrected chi connectivity index (χ1v) is 12.5. The molecule has 34 heavy (non-hydrogen) atoms. The summed E-state index contributed by atoms with van der Waals surface area (Å²) in [6, 6.07) is 24.9. The molecule has 3 aromatic carbocycles. The topological polar surface area (TPSA) is 45.5 Å². The van der Waals surface area contributed by atoms with Gasteiger partial charge >= 0.3 is 0 Å². The Kier molecular flexibility index (Phi) is 6.81. The molecule has 0 bridgehead atoms.